The molecule has 21 heavy (non-hydrogen) atoms. The zero-order valence-electron chi connectivity index (χ0n) is 13.4. The van der Waals surface area contributed by atoms with Gasteiger partial charge in [-0.15, -0.1) is 0 Å². The van der Waals surface area contributed by atoms with Crippen LogP contribution in [0.2, 0.25) is 0 Å². The molecule has 1 aliphatic rings. The Bertz CT molecular complexity index is 346. The van der Waals surface area contributed by atoms with Crippen LogP contribution >= 0.6 is 0 Å². The van der Waals surface area contributed by atoms with Crippen LogP contribution in [0.4, 0.5) is 4.79 Å². The van der Waals surface area contributed by atoms with Crippen molar-refractivity contribution in [1.29, 1.82) is 0 Å². The molecule has 1 saturated carbocycles. The molecule has 122 valence electrons. The van der Waals surface area contributed by atoms with Crippen molar-refractivity contribution in [3.63, 3.8) is 0 Å². The van der Waals surface area contributed by atoms with Crippen molar-refractivity contribution in [2.75, 3.05) is 27.7 Å². The predicted octanol–water partition coefficient (Wildman–Crippen LogP) is 1.98. The van der Waals surface area contributed by atoms with Gasteiger partial charge in [0.05, 0.1) is 21.1 Å². The lowest BCUT2D eigenvalue weighted by Gasteiger charge is -2.31. The Morgan fingerprint density at radius 3 is 2.38 bits per heavy atom. The number of hydrogen-bond donors (Lipinski definition) is 2. The Morgan fingerprint density at radius 1 is 1.24 bits per heavy atom. The molecule has 0 heterocycles. The molecule has 0 aromatic rings. The van der Waals surface area contributed by atoms with Gasteiger partial charge in [-0.25, -0.2) is 9.59 Å². The van der Waals surface area contributed by atoms with Gasteiger partial charge in [0.15, 0.2) is 6.04 Å². The summed E-state index contributed by atoms with van der Waals surface area (Å²) in [5.74, 6) is -0.799. The number of quaternary nitrogens is 1. The van der Waals surface area contributed by atoms with E-state index in [1.54, 1.807) is 0 Å². The largest absolute Gasteiger partial charge is 0.477 e. The van der Waals surface area contributed by atoms with Gasteiger partial charge in [0.2, 0.25) is 0 Å². The number of hydrogen-bond acceptors (Lipinski definition) is 3. The molecule has 0 spiro atoms. The molecule has 2 N–H and O–H groups in total. The first-order chi connectivity index (χ1) is 9.80. The maximum atomic E-state index is 11.6. The SMILES string of the molecule is C[N+](C)(C)C(CCCNC(=O)OC1CCCCC1)C(=O)O. The highest BCUT2D eigenvalue weighted by molar-refractivity contribution is 5.72. The van der Waals surface area contributed by atoms with E-state index < -0.39 is 12.0 Å². The third kappa shape index (κ3) is 6.80. The van der Waals surface area contributed by atoms with Crippen LogP contribution in [0, 0.1) is 0 Å². The normalized spacial score (nSPS) is 18.0. The van der Waals surface area contributed by atoms with Crippen LogP contribution in [-0.2, 0) is 9.53 Å². The Balaban J connectivity index is 2.20. The number of carboxylic acid groups (broad SMARTS) is 1. The first-order valence-electron chi connectivity index (χ1n) is 7.79. The van der Waals surface area contributed by atoms with E-state index in [9.17, 15) is 14.7 Å². The lowest BCUT2D eigenvalue weighted by atomic mass is 9.98. The van der Waals surface area contributed by atoms with Gasteiger partial charge >= 0.3 is 12.1 Å². The molecule has 1 unspecified atom stereocenters. The number of nitrogens with zero attached hydrogens (tertiary/aromatic N) is 1. The monoisotopic (exact) mass is 301 g/mol. The number of alkyl carbamates (subject to hydrolysis) is 1. The van der Waals surface area contributed by atoms with Crippen LogP contribution in [0.5, 0.6) is 0 Å². The molecule has 0 radical (unpaired) electrons. The Hall–Kier alpha value is -1.30. The summed E-state index contributed by atoms with van der Waals surface area (Å²) in [7, 11) is 5.59. The van der Waals surface area contributed by atoms with Gasteiger partial charge in [-0.3, -0.25) is 0 Å². The molecule has 6 nitrogen and oxygen atoms in total. The molecule has 0 aromatic carbocycles. The van der Waals surface area contributed by atoms with E-state index in [1.807, 2.05) is 21.1 Å². The highest BCUT2D eigenvalue weighted by atomic mass is 16.6. The molecule has 0 aromatic heterocycles. The minimum absolute atomic E-state index is 0.0526. The second-order valence-corrected chi connectivity index (χ2v) is 6.70. The van der Waals surface area contributed by atoms with Gasteiger partial charge in [0.25, 0.3) is 0 Å². The fourth-order valence-corrected chi connectivity index (χ4v) is 2.70. The average molecular weight is 301 g/mol. The van der Waals surface area contributed by atoms with Crippen molar-refractivity contribution >= 4 is 12.1 Å². The minimum Gasteiger partial charge on any atom is -0.477 e. The number of rotatable bonds is 7. The van der Waals surface area contributed by atoms with Gasteiger partial charge in [-0.05, 0) is 32.1 Å². The molecule has 1 rings (SSSR count). The summed E-state index contributed by atoms with van der Waals surface area (Å²) in [5, 5.41) is 11.9. The third-order valence-electron chi connectivity index (χ3n) is 3.97. The summed E-state index contributed by atoms with van der Waals surface area (Å²) in [6.45, 7) is 0.454. The number of carbonyl (C=O) groups excluding carboxylic acids is 1. The molecular formula is C15H29N2O4+. The van der Waals surface area contributed by atoms with Gasteiger partial charge in [0.1, 0.15) is 6.10 Å². The van der Waals surface area contributed by atoms with Gasteiger partial charge < -0.3 is 19.6 Å². The van der Waals surface area contributed by atoms with E-state index in [-0.39, 0.29) is 12.2 Å². The fraction of sp³-hybridized carbons (Fsp3) is 0.867. The number of carboxylic acids is 1. The lowest BCUT2D eigenvalue weighted by molar-refractivity contribution is -0.887. The number of likely N-dealkylation sites (N-methyl/N-ethyl adjacent to an activating group) is 1. The zero-order valence-corrected chi connectivity index (χ0v) is 13.4. The van der Waals surface area contributed by atoms with Crippen LogP contribution in [0.25, 0.3) is 0 Å². The van der Waals surface area contributed by atoms with Crippen molar-refractivity contribution in [3.05, 3.63) is 0 Å². The highest BCUT2D eigenvalue weighted by Gasteiger charge is 2.30. The second kappa shape index (κ2) is 8.22. The van der Waals surface area contributed by atoms with Gasteiger partial charge in [0, 0.05) is 13.0 Å². The highest BCUT2D eigenvalue weighted by Crippen LogP contribution is 2.20. The number of amides is 1. The predicted molar refractivity (Wildman–Crippen MR) is 80.0 cm³/mol. The Morgan fingerprint density at radius 2 is 1.86 bits per heavy atom. The van der Waals surface area contributed by atoms with Crippen molar-refractivity contribution in [2.24, 2.45) is 0 Å². The van der Waals surface area contributed by atoms with E-state index in [1.165, 1.54) is 6.42 Å². The lowest BCUT2D eigenvalue weighted by Crippen LogP contribution is -2.50. The maximum absolute atomic E-state index is 11.6. The molecular weight excluding hydrogens is 272 g/mol. The van der Waals surface area contributed by atoms with Gasteiger partial charge in [-0.1, -0.05) is 6.42 Å². The Labute approximate surface area is 127 Å². The standard InChI is InChI=1S/C15H28N2O4/c1-17(2,3)13(14(18)19)10-7-11-16-15(20)21-12-8-5-4-6-9-12/h12-13H,4-11H2,1-3H3,(H-,16,18,19,20)/p+1. The van der Waals surface area contributed by atoms with Crippen LogP contribution in [-0.4, -0.2) is 61.5 Å². The smallest absolute Gasteiger partial charge is 0.407 e. The quantitative estimate of drug-likeness (QED) is 0.557. The second-order valence-electron chi connectivity index (χ2n) is 6.70. The van der Waals surface area contributed by atoms with Crippen LogP contribution in [0.15, 0.2) is 0 Å². The van der Waals surface area contributed by atoms with E-state index >= 15 is 0 Å². The van der Waals surface area contributed by atoms with E-state index in [2.05, 4.69) is 5.32 Å². The number of ether oxygens (including phenoxy) is 1. The van der Waals surface area contributed by atoms with Crippen molar-refractivity contribution in [3.8, 4) is 0 Å². The molecule has 1 atom stereocenters. The summed E-state index contributed by atoms with van der Waals surface area (Å²) in [5.41, 5.74) is 0. The summed E-state index contributed by atoms with van der Waals surface area (Å²) in [4.78, 5) is 22.8. The molecule has 1 amide bonds. The topological polar surface area (TPSA) is 75.6 Å². The van der Waals surface area contributed by atoms with Crippen LogP contribution in [0.1, 0.15) is 44.9 Å². The first-order valence-corrected chi connectivity index (χ1v) is 7.79. The van der Waals surface area contributed by atoms with Gasteiger partial charge in [-0.2, -0.15) is 0 Å². The molecule has 0 saturated heterocycles. The fourth-order valence-electron chi connectivity index (χ4n) is 2.70. The van der Waals surface area contributed by atoms with E-state index in [0.717, 1.165) is 25.7 Å². The van der Waals surface area contributed by atoms with Crippen LogP contribution in [0.3, 0.4) is 0 Å². The van der Waals surface area contributed by atoms with E-state index in [4.69, 9.17) is 4.74 Å². The average Bonchev–Trinajstić information content (AvgIpc) is 2.37. The van der Waals surface area contributed by atoms with Crippen LogP contribution < -0.4 is 5.32 Å². The number of aliphatic carboxylic acids is 1. The Kier molecular flexibility index (Phi) is 6.95. The summed E-state index contributed by atoms with van der Waals surface area (Å²) in [6.07, 6.45) is 6.23. The molecule has 1 aliphatic carbocycles. The zero-order chi connectivity index (χ0) is 15.9. The molecule has 0 aliphatic heterocycles. The summed E-state index contributed by atoms with van der Waals surface area (Å²) < 4.78 is 5.72. The third-order valence-corrected chi connectivity index (χ3v) is 3.97. The number of carbonyl (C=O) groups is 2. The number of nitrogens with one attached hydrogen (secondary N) is 1. The maximum Gasteiger partial charge on any atom is 0.407 e. The minimum atomic E-state index is -0.799. The molecule has 1 fully saturated rings. The van der Waals surface area contributed by atoms with Crippen molar-refractivity contribution in [2.45, 2.75) is 57.1 Å². The summed E-state index contributed by atoms with van der Waals surface area (Å²) >= 11 is 0. The molecule has 6 heteroatoms. The first kappa shape index (κ1) is 17.8. The molecule has 0 bridgehead atoms. The van der Waals surface area contributed by atoms with Crippen molar-refractivity contribution in [1.82, 2.24) is 5.32 Å². The van der Waals surface area contributed by atoms with Crippen molar-refractivity contribution < 1.29 is 23.9 Å². The summed E-state index contributed by atoms with van der Waals surface area (Å²) in [6, 6.07) is -0.457. The van der Waals surface area contributed by atoms with E-state index in [0.29, 0.717) is 23.9 Å².